The maximum Gasteiger partial charge on any atom is 0.193 e. The molecule has 5 heteroatoms. The molecule has 1 aromatic heterocycles. The zero-order chi connectivity index (χ0) is 15.9. The molecular formula is C18H29IN4. The second-order valence-electron chi connectivity index (χ2n) is 5.81. The lowest BCUT2D eigenvalue weighted by Gasteiger charge is -2.21. The average Bonchev–Trinajstić information content (AvgIpc) is 2.94. The number of benzene rings is 1. The van der Waals surface area contributed by atoms with E-state index in [1.54, 1.807) is 0 Å². The molecule has 0 aliphatic heterocycles. The van der Waals surface area contributed by atoms with Gasteiger partial charge in [0, 0.05) is 44.3 Å². The Labute approximate surface area is 156 Å². The molecule has 0 spiro atoms. The first-order valence-corrected chi connectivity index (χ1v) is 8.14. The molecule has 128 valence electrons. The fourth-order valence-corrected chi connectivity index (χ4v) is 2.77. The molecule has 0 amide bonds. The van der Waals surface area contributed by atoms with Crippen LogP contribution in [-0.2, 0) is 6.42 Å². The molecule has 0 atom stereocenters. The monoisotopic (exact) mass is 428 g/mol. The van der Waals surface area contributed by atoms with Crippen LogP contribution in [0, 0.1) is 6.92 Å². The van der Waals surface area contributed by atoms with Gasteiger partial charge in [-0.15, -0.1) is 24.0 Å². The summed E-state index contributed by atoms with van der Waals surface area (Å²) in [6.07, 6.45) is 5.52. The van der Waals surface area contributed by atoms with E-state index in [4.69, 9.17) is 0 Å². The number of aromatic nitrogens is 1. The number of fused-ring (bicyclic) bond motifs is 1. The number of unbranched alkanes of at least 4 members (excludes halogenated alkanes) is 1. The average molecular weight is 428 g/mol. The van der Waals surface area contributed by atoms with Crippen LogP contribution in [0.4, 0.5) is 0 Å². The minimum absolute atomic E-state index is 0. The predicted octanol–water partition coefficient (Wildman–Crippen LogP) is 3.94. The molecule has 2 rings (SSSR count). The number of aliphatic imine (C=N–C) groups is 1. The molecule has 2 aromatic rings. The summed E-state index contributed by atoms with van der Waals surface area (Å²) in [6.45, 7) is 6.29. The highest BCUT2D eigenvalue weighted by molar-refractivity contribution is 14.0. The van der Waals surface area contributed by atoms with Gasteiger partial charge in [0.2, 0.25) is 0 Å². The fourth-order valence-electron chi connectivity index (χ4n) is 2.77. The number of para-hydroxylation sites is 1. The van der Waals surface area contributed by atoms with Crippen molar-refractivity contribution in [3.8, 4) is 0 Å². The maximum atomic E-state index is 4.36. The van der Waals surface area contributed by atoms with E-state index >= 15 is 0 Å². The van der Waals surface area contributed by atoms with Crippen molar-refractivity contribution < 1.29 is 0 Å². The maximum absolute atomic E-state index is 4.36. The number of nitrogens with zero attached hydrogens (tertiary/aromatic N) is 2. The lowest BCUT2D eigenvalue weighted by molar-refractivity contribution is 0.465. The fraction of sp³-hybridized carbons (Fsp3) is 0.500. The Morgan fingerprint density at radius 3 is 2.83 bits per heavy atom. The van der Waals surface area contributed by atoms with Crippen molar-refractivity contribution in [2.75, 3.05) is 27.2 Å². The summed E-state index contributed by atoms with van der Waals surface area (Å²) < 4.78 is 0. The van der Waals surface area contributed by atoms with Crippen LogP contribution in [0.25, 0.3) is 10.9 Å². The molecule has 0 radical (unpaired) electrons. The highest BCUT2D eigenvalue weighted by Crippen LogP contribution is 2.21. The second-order valence-corrected chi connectivity index (χ2v) is 5.81. The lowest BCUT2D eigenvalue weighted by Crippen LogP contribution is -2.40. The molecule has 0 bridgehead atoms. The number of rotatable bonds is 6. The van der Waals surface area contributed by atoms with Crippen LogP contribution >= 0.6 is 24.0 Å². The zero-order valence-electron chi connectivity index (χ0n) is 14.6. The Bertz CT molecular complexity index is 633. The minimum atomic E-state index is 0. The normalized spacial score (nSPS) is 11.4. The Hall–Kier alpha value is -1.24. The molecular weight excluding hydrogens is 399 g/mol. The molecule has 0 aliphatic rings. The van der Waals surface area contributed by atoms with Gasteiger partial charge in [0.05, 0.1) is 0 Å². The molecule has 4 nitrogen and oxygen atoms in total. The highest BCUT2D eigenvalue weighted by atomic mass is 127. The summed E-state index contributed by atoms with van der Waals surface area (Å²) in [6, 6.07) is 6.46. The minimum Gasteiger partial charge on any atom is -0.361 e. The third-order valence-electron chi connectivity index (χ3n) is 4.11. The first-order chi connectivity index (χ1) is 10.7. The van der Waals surface area contributed by atoms with Gasteiger partial charge in [-0.3, -0.25) is 4.99 Å². The Morgan fingerprint density at radius 1 is 1.35 bits per heavy atom. The first-order valence-electron chi connectivity index (χ1n) is 8.14. The van der Waals surface area contributed by atoms with Crippen LogP contribution in [0.2, 0.25) is 0 Å². The molecule has 1 aromatic carbocycles. The van der Waals surface area contributed by atoms with E-state index in [0.717, 1.165) is 25.5 Å². The number of halogens is 1. The molecule has 0 fully saturated rings. The van der Waals surface area contributed by atoms with E-state index in [9.17, 15) is 0 Å². The van der Waals surface area contributed by atoms with Crippen molar-refractivity contribution in [2.24, 2.45) is 4.99 Å². The van der Waals surface area contributed by atoms with Crippen LogP contribution in [-0.4, -0.2) is 43.0 Å². The molecule has 0 saturated carbocycles. The number of nitrogens with one attached hydrogen (secondary N) is 2. The molecule has 2 N–H and O–H groups in total. The molecule has 0 saturated heterocycles. The van der Waals surface area contributed by atoms with E-state index in [-0.39, 0.29) is 24.0 Å². The largest absolute Gasteiger partial charge is 0.361 e. The summed E-state index contributed by atoms with van der Waals surface area (Å²) in [4.78, 5) is 9.95. The first kappa shape index (κ1) is 19.8. The summed E-state index contributed by atoms with van der Waals surface area (Å²) in [7, 11) is 3.94. The van der Waals surface area contributed by atoms with Crippen molar-refractivity contribution in [1.29, 1.82) is 0 Å². The third-order valence-corrected chi connectivity index (χ3v) is 4.11. The molecule has 0 aliphatic carbocycles. The zero-order valence-corrected chi connectivity index (χ0v) is 17.0. The van der Waals surface area contributed by atoms with Gasteiger partial charge in [-0.25, -0.2) is 0 Å². The van der Waals surface area contributed by atoms with Gasteiger partial charge in [-0.05, 0) is 30.9 Å². The van der Waals surface area contributed by atoms with Gasteiger partial charge in [0.1, 0.15) is 0 Å². The number of H-pyrrole nitrogens is 1. The van der Waals surface area contributed by atoms with E-state index < -0.39 is 0 Å². The quantitative estimate of drug-likeness (QED) is 0.416. The Morgan fingerprint density at radius 2 is 2.13 bits per heavy atom. The third kappa shape index (κ3) is 5.12. The summed E-state index contributed by atoms with van der Waals surface area (Å²) in [5.41, 5.74) is 3.91. The van der Waals surface area contributed by atoms with Crippen LogP contribution in [0.15, 0.2) is 29.4 Å². The van der Waals surface area contributed by atoms with Crippen molar-refractivity contribution in [3.63, 3.8) is 0 Å². The number of hydrogen-bond acceptors (Lipinski definition) is 1. The molecule has 1 heterocycles. The van der Waals surface area contributed by atoms with E-state index in [1.165, 1.54) is 34.9 Å². The van der Waals surface area contributed by atoms with Gasteiger partial charge in [0.25, 0.3) is 0 Å². The number of guanidine groups is 1. The summed E-state index contributed by atoms with van der Waals surface area (Å²) in [5, 5.41) is 4.79. The Balaban J connectivity index is 0.00000264. The van der Waals surface area contributed by atoms with Gasteiger partial charge in [-0.1, -0.05) is 31.5 Å². The van der Waals surface area contributed by atoms with Crippen LogP contribution in [0.5, 0.6) is 0 Å². The van der Waals surface area contributed by atoms with Crippen LogP contribution < -0.4 is 5.32 Å². The van der Waals surface area contributed by atoms with E-state index in [2.05, 4.69) is 65.5 Å². The summed E-state index contributed by atoms with van der Waals surface area (Å²) in [5.74, 6) is 0.976. The predicted molar refractivity (Wildman–Crippen MR) is 111 cm³/mol. The number of aryl methyl sites for hydroxylation is 1. The van der Waals surface area contributed by atoms with Crippen LogP contribution in [0.3, 0.4) is 0 Å². The smallest absolute Gasteiger partial charge is 0.193 e. The van der Waals surface area contributed by atoms with Gasteiger partial charge < -0.3 is 15.2 Å². The van der Waals surface area contributed by atoms with Crippen molar-refractivity contribution in [1.82, 2.24) is 15.2 Å². The SMILES string of the molecule is CCCCN(C)C(=NC)NCCc1c[nH]c2c(C)cccc12.I. The van der Waals surface area contributed by atoms with Crippen molar-refractivity contribution in [3.05, 3.63) is 35.5 Å². The standard InChI is InChI=1S/C18H28N4.HI/c1-5-6-12-22(4)18(19-3)20-11-10-15-13-21-17-14(2)8-7-9-16(15)17;/h7-9,13,21H,5-6,10-12H2,1-4H3,(H,19,20);1H. The van der Waals surface area contributed by atoms with Crippen molar-refractivity contribution >= 4 is 40.8 Å². The lowest BCUT2D eigenvalue weighted by atomic mass is 10.1. The van der Waals surface area contributed by atoms with E-state index in [0.29, 0.717) is 0 Å². The topological polar surface area (TPSA) is 43.4 Å². The molecule has 0 unspecified atom stereocenters. The number of aromatic amines is 1. The van der Waals surface area contributed by atoms with Gasteiger partial charge in [0.15, 0.2) is 5.96 Å². The number of hydrogen-bond donors (Lipinski definition) is 2. The van der Waals surface area contributed by atoms with Crippen LogP contribution in [0.1, 0.15) is 30.9 Å². The highest BCUT2D eigenvalue weighted by Gasteiger charge is 2.07. The Kier molecular flexibility index (Phi) is 8.44. The van der Waals surface area contributed by atoms with Gasteiger partial charge in [-0.2, -0.15) is 0 Å². The summed E-state index contributed by atoms with van der Waals surface area (Å²) >= 11 is 0. The second kappa shape index (κ2) is 9.80. The molecule has 23 heavy (non-hydrogen) atoms. The van der Waals surface area contributed by atoms with Crippen molar-refractivity contribution in [2.45, 2.75) is 33.1 Å². The van der Waals surface area contributed by atoms with E-state index in [1.807, 2.05) is 7.05 Å². The van der Waals surface area contributed by atoms with Gasteiger partial charge >= 0.3 is 0 Å².